The number of nitriles is 1. The fraction of sp³-hybridized carbons (Fsp3) is 0.304. The summed E-state index contributed by atoms with van der Waals surface area (Å²) in [6, 6.07) is 15.4. The Morgan fingerprint density at radius 3 is 2.43 bits per heavy atom. The zero-order valence-electron chi connectivity index (χ0n) is 17.5. The van der Waals surface area contributed by atoms with E-state index >= 15 is 0 Å². The van der Waals surface area contributed by atoms with Crippen LogP contribution in [0.5, 0.6) is 11.5 Å². The van der Waals surface area contributed by atoms with Crippen molar-refractivity contribution in [3.05, 3.63) is 59.8 Å². The minimum absolute atomic E-state index is 0.0595. The summed E-state index contributed by atoms with van der Waals surface area (Å²) in [7, 11) is 3.21. The van der Waals surface area contributed by atoms with Crippen molar-refractivity contribution < 1.29 is 14.3 Å². The van der Waals surface area contributed by atoms with Gasteiger partial charge < -0.3 is 24.6 Å². The van der Waals surface area contributed by atoms with E-state index in [-0.39, 0.29) is 5.57 Å². The molecule has 1 aliphatic heterocycles. The lowest BCUT2D eigenvalue weighted by molar-refractivity contribution is -0.112. The predicted octanol–water partition coefficient (Wildman–Crippen LogP) is 3.18. The number of nitrogens with one attached hydrogen (secondary N) is 1. The number of rotatable bonds is 6. The molecule has 1 fully saturated rings. The maximum absolute atomic E-state index is 12.7. The number of benzene rings is 2. The van der Waals surface area contributed by atoms with Gasteiger partial charge >= 0.3 is 0 Å². The fourth-order valence-corrected chi connectivity index (χ4v) is 3.41. The van der Waals surface area contributed by atoms with E-state index in [4.69, 9.17) is 9.47 Å². The van der Waals surface area contributed by atoms with Crippen LogP contribution in [0, 0.1) is 18.3 Å². The second-order valence-corrected chi connectivity index (χ2v) is 7.01. The standard InChI is InChI=1S/C23H26N4O3/c1-17-8-9-21(29-2)19(14-17)25-23(28)18(15-24)16-26-10-12-27(13-11-26)20-6-4-5-7-22(20)30-3/h4-9,14,16H,10-13H2,1-3H3,(H,25,28)/b18-16-. The third kappa shape index (κ3) is 4.84. The van der Waals surface area contributed by atoms with Crippen LogP contribution in [0.3, 0.4) is 0 Å². The summed E-state index contributed by atoms with van der Waals surface area (Å²) in [6.07, 6.45) is 1.64. The number of carbonyl (C=O) groups excluding carboxylic acids is 1. The summed E-state index contributed by atoms with van der Waals surface area (Å²) in [4.78, 5) is 16.9. The summed E-state index contributed by atoms with van der Waals surface area (Å²) in [5.74, 6) is 0.941. The molecule has 0 aliphatic carbocycles. The predicted molar refractivity (Wildman–Crippen MR) is 117 cm³/mol. The first-order valence-corrected chi connectivity index (χ1v) is 9.75. The molecule has 0 bridgehead atoms. The molecule has 0 saturated carbocycles. The van der Waals surface area contributed by atoms with Crippen LogP contribution in [-0.4, -0.2) is 51.2 Å². The topological polar surface area (TPSA) is 77.8 Å². The summed E-state index contributed by atoms with van der Waals surface area (Å²) < 4.78 is 10.7. The lowest BCUT2D eigenvalue weighted by atomic mass is 10.2. The SMILES string of the molecule is COc1ccc(C)cc1NC(=O)/C(C#N)=C\N1CCN(c2ccccc2OC)CC1. The molecule has 1 N–H and O–H groups in total. The maximum atomic E-state index is 12.7. The van der Waals surface area contributed by atoms with Gasteiger partial charge in [-0.3, -0.25) is 4.79 Å². The van der Waals surface area contributed by atoms with Gasteiger partial charge in [-0.25, -0.2) is 0 Å². The van der Waals surface area contributed by atoms with Crippen molar-refractivity contribution in [3.8, 4) is 17.6 Å². The molecular weight excluding hydrogens is 380 g/mol. The van der Waals surface area contributed by atoms with Gasteiger partial charge in [0.05, 0.1) is 25.6 Å². The molecule has 0 unspecified atom stereocenters. The number of amides is 1. The average molecular weight is 406 g/mol. The van der Waals surface area contributed by atoms with Crippen LogP contribution in [0.15, 0.2) is 54.2 Å². The number of methoxy groups -OCH3 is 2. The van der Waals surface area contributed by atoms with E-state index in [0.717, 1.165) is 30.1 Å². The van der Waals surface area contributed by atoms with Crippen molar-refractivity contribution in [2.75, 3.05) is 50.6 Å². The first-order valence-electron chi connectivity index (χ1n) is 9.75. The second kappa shape index (κ2) is 9.70. The monoisotopic (exact) mass is 406 g/mol. The third-order valence-corrected chi connectivity index (χ3v) is 5.02. The van der Waals surface area contributed by atoms with Crippen LogP contribution in [0.2, 0.25) is 0 Å². The van der Waals surface area contributed by atoms with Gasteiger partial charge in [-0.2, -0.15) is 5.26 Å². The van der Waals surface area contributed by atoms with Gasteiger partial charge in [-0.1, -0.05) is 18.2 Å². The van der Waals surface area contributed by atoms with Crippen LogP contribution >= 0.6 is 0 Å². The molecule has 1 aliphatic rings. The smallest absolute Gasteiger partial charge is 0.267 e. The van der Waals surface area contributed by atoms with Crippen molar-refractivity contribution in [1.82, 2.24) is 4.90 Å². The highest BCUT2D eigenvalue weighted by molar-refractivity contribution is 6.07. The van der Waals surface area contributed by atoms with E-state index in [9.17, 15) is 10.1 Å². The molecular formula is C23H26N4O3. The number of hydrogen-bond acceptors (Lipinski definition) is 6. The number of ether oxygens (including phenoxy) is 2. The first kappa shape index (κ1) is 21.1. The second-order valence-electron chi connectivity index (χ2n) is 7.01. The molecule has 0 radical (unpaired) electrons. The molecule has 30 heavy (non-hydrogen) atoms. The van der Waals surface area contributed by atoms with Crippen molar-refractivity contribution >= 4 is 17.3 Å². The van der Waals surface area contributed by atoms with E-state index in [1.165, 1.54) is 0 Å². The molecule has 7 heteroatoms. The number of hydrogen-bond donors (Lipinski definition) is 1. The van der Waals surface area contributed by atoms with Crippen LogP contribution in [-0.2, 0) is 4.79 Å². The zero-order valence-corrected chi connectivity index (χ0v) is 17.5. The fourth-order valence-electron chi connectivity index (χ4n) is 3.41. The quantitative estimate of drug-likeness (QED) is 0.586. The highest BCUT2D eigenvalue weighted by Crippen LogP contribution is 2.29. The van der Waals surface area contributed by atoms with Gasteiger partial charge in [0.25, 0.3) is 5.91 Å². The maximum Gasteiger partial charge on any atom is 0.267 e. The highest BCUT2D eigenvalue weighted by Gasteiger charge is 2.20. The van der Waals surface area contributed by atoms with Crippen LogP contribution in [0.1, 0.15) is 5.56 Å². The van der Waals surface area contributed by atoms with E-state index < -0.39 is 5.91 Å². The van der Waals surface area contributed by atoms with Gasteiger partial charge in [0.15, 0.2) is 0 Å². The molecule has 0 atom stereocenters. The average Bonchev–Trinajstić information content (AvgIpc) is 2.78. The summed E-state index contributed by atoms with van der Waals surface area (Å²) in [5.41, 5.74) is 2.64. The Bertz CT molecular complexity index is 973. The van der Waals surface area contributed by atoms with E-state index in [1.54, 1.807) is 26.5 Å². The Morgan fingerprint density at radius 2 is 1.77 bits per heavy atom. The number of piperazine rings is 1. The molecule has 0 spiro atoms. The van der Waals surface area contributed by atoms with Crippen LogP contribution in [0.25, 0.3) is 0 Å². The van der Waals surface area contributed by atoms with E-state index in [1.807, 2.05) is 54.3 Å². The van der Waals surface area contributed by atoms with Gasteiger partial charge in [-0.15, -0.1) is 0 Å². The lowest BCUT2D eigenvalue weighted by Crippen LogP contribution is -2.44. The van der Waals surface area contributed by atoms with Crippen molar-refractivity contribution in [3.63, 3.8) is 0 Å². The molecule has 156 valence electrons. The summed E-state index contributed by atoms with van der Waals surface area (Å²) in [5, 5.41) is 12.3. The Hall–Kier alpha value is -3.66. The molecule has 7 nitrogen and oxygen atoms in total. The minimum Gasteiger partial charge on any atom is -0.495 e. The van der Waals surface area contributed by atoms with Gasteiger partial charge in [0.1, 0.15) is 23.1 Å². The van der Waals surface area contributed by atoms with Crippen molar-refractivity contribution in [1.29, 1.82) is 5.26 Å². The molecule has 2 aromatic carbocycles. The lowest BCUT2D eigenvalue weighted by Gasteiger charge is -2.36. The Kier molecular flexibility index (Phi) is 6.81. The van der Waals surface area contributed by atoms with Crippen molar-refractivity contribution in [2.45, 2.75) is 6.92 Å². The van der Waals surface area contributed by atoms with Gasteiger partial charge in [0, 0.05) is 32.4 Å². The third-order valence-electron chi connectivity index (χ3n) is 5.02. The molecule has 0 aromatic heterocycles. The molecule has 3 rings (SSSR count). The highest BCUT2D eigenvalue weighted by atomic mass is 16.5. The number of nitrogens with zero attached hydrogens (tertiary/aromatic N) is 3. The van der Waals surface area contributed by atoms with Crippen LogP contribution in [0.4, 0.5) is 11.4 Å². The minimum atomic E-state index is -0.450. The zero-order chi connectivity index (χ0) is 21.5. The normalized spacial score (nSPS) is 14.1. The number of aryl methyl sites for hydroxylation is 1. The van der Waals surface area contributed by atoms with E-state index in [2.05, 4.69) is 10.2 Å². The molecule has 2 aromatic rings. The van der Waals surface area contributed by atoms with Gasteiger partial charge in [0.2, 0.25) is 0 Å². The number of anilines is 2. The Morgan fingerprint density at radius 1 is 1.07 bits per heavy atom. The van der Waals surface area contributed by atoms with Crippen LogP contribution < -0.4 is 19.7 Å². The Balaban J connectivity index is 1.67. The summed E-state index contributed by atoms with van der Waals surface area (Å²) >= 11 is 0. The molecule has 1 heterocycles. The van der Waals surface area contributed by atoms with E-state index in [0.29, 0.717) is 24.5 Å². The number of carbonyl (C=O) groups is 1. The number of para-hydroxylation sites is 2. The summed E-state index contributed by atoms with van der Waals surface area (Å²) in [6.45, 7) is 4.86. The largest absolute Gasteiger partial charge is 0.495 e. The Labute approximate surface area is 177 Å². The first-order chi connectivity index (χ1) is 14.5. The van der Waals surface area contributed by atoms with Gasteiger partial charge in [-0.05, 0) is 36.8 Å². The molecule has 1 saturated heterocycles. The van der Waals surface area contributed by atoms with Crippen molar-refractivity contribution in [2.24, 2.45) is 0 Å². The molecule has 1 amide bonds.